The number of unbranched alkanes of at least 4 members (excludes halogenated alkanes) is 2. The quantitative estimate of drug-likeness (QED) is 0.358. The van der Waals surface area contributed by atoms with Gasteiger partial charge in [0.05, 0.1) is 17.7 Å². The Kier molecular flexibility index (Phi) is 7.29. The molecule has 2 aromatic carbocycles. The van der Waals surface area contributed by atoms with Crippen LogP contribution in [0.1, 0.15) is 46.9 Å². The normalized spacial score (nSPS) is 10.4. The topological polar surface area (TPSA) is 52.6 Å². The minimum Gasteiger partial charge on any atom is -0.462 e. The zero-order valence-electron chi connectivity index (χ0n) is 13.8. The molecule has 0 unspecified atom stereocenters. The fourth-order valence-electron chi connectivity index (χ4n) is 2.13. The molecule has 0 amide bonds. The Balaban J connectivity index is 2.04. The number of ether oxygens (including phenoxy) is 2. The Morgan fingerprint density at radius 2 is 1.56 bits per heavy atom. The summed E-state index contributed by atoms with van der Waals surface area (Å²) < 4.78 is 10.4. The Morgan fingerprint density at radius 3 is 2.20 bits per heavy atom. The lowest BCUT2D eigenvalue weighted by molar-refractivity contribution is 0.0498. The van der Waals surface area contributed by atoms with E-state index in [-0.39, 0.29) is 11.3 Å². The van der Waals surface area contributed by atoms with Crippen molar-refractivity contribution in [1.82, 2.24) is 0 Å². The maximum absolute atomic E-state index is 12.3. The number of rotatable bonds is 7. The van der Waals surface area contributed by atoms with Gasteiger partial charge >= 0.3 is 11.9 Å². The molecule has 2 aromatic rings. The largest absolute Gasteiger partial charge is 0.462 e. The van der Waals surface area contributed by atoms with Crippen LogP contribution in [-0.2, 0) is 4.74 Å². The van der Waals surface area contributed by atoms with Gasteiger partial charge in [-0.2, -0.15) is 0 Å². The molecule has 0 heterocycles. The van der Waals surface area contributed by atoms with Gasteiger partial charge < -0.3 is 9.47 Å². The van der Waals surface area contributed by atoms with Crippen molar-refractivity contribution in [3.63, 3.8) is 0 Å². The van der Waals surface area contributed by atoms with Gasteiger partial charge in [-0.05, 0) is 42.8 Å². The van der Waals surface area contributed by atoms with Crippen LogP contribution < -0.4 is 4.74 Å². The van der Waals surface area contributed by atoms with Crippen LogP contribution in [0.2, 0.25) is 10.0 Å². The van der Waals surface area contributed by atoms with Crippen LogP contribution in [0.5, 0.6) is 5.75 Å². The van der Waals surface area contributed by atoms with Crippen molar-refractivity contribution in [2.24, 2.45) is 0 Å². The molecule has 0 aliphatic heterocycles. The lowest BCUT2D eigenvalue weighted by Crippen LogP contribution is -2.11. The van der Waals surface area contributed by atoms with Gasteiger partial charge in [0.25, 0.3) is 0 Å². The third-order valence-electron chi connectivity index (χ3n) is 3.36. The van der Waals surface area contributed by atoms with Crippen molar-refractivity contribution < 1.29 is 19.1 Å². The Hall–Kier alpha value is -2.04. The molecule has 0 aliphatic carbocycles. The van der Waals surface area contributed by atoms with E-state index in [1.165, 1.54) is 24.3 Å². The van der Waals surface area contributed by atoms with Crippen molar-refractivity contribution >= 4 is 35.1 Å². The Morgan fingerprint density at radius 1 is 0.920 bits per heavy atom. The summed E-state index contributed by atoms with van der Waals surface area (Å²) in [7, 11) is 0. The molecule has 0 fully saturated rings. The van der Waals surface area contributed by atoms with E-state index in [0.29, 0.717) is 22.2 Å². The molecule has 0 N–H and O–H groups in total. The van der Waals surface area contributed by atoms with E-state index in [1.54, 1.807) is 18.2 Å². The van der Waals surface area contributed by atoms with Crippen LogP contribution in [-0.4, -0.2) is 18.5 Å². The number of hydrogen-bond donors (Lipinski definition) is 0. The fourth-order valence-corrected chi connectivity index (χ4v) is 2.63. The van der Waals surface area contributed by atoms with Crippen molar-refractivity contribution in [2.75, 3.05) is 6.61 Å². The molecule has 0 aliphatic rings. The van der Waals surface area contributed by atoms with Crippen molar-refractivity contribution in [3.05, 3.63) is 63.6 Å². The van der Waals surface area contributed by atoms with Gasteiger partial charge in [0.15, 0.2) is 0 Å². The first-order valence-corrected chi connectivity index (χ1v) is 8.70. The number of carbonyl (C=O) groups excluding carboxylic acids is 2. The molecule has 0 saturated heterocycles. The lowest BCUT2D eigenvalue weighted by atomic mass is 10.1. The maximum atomic E-state index is 12.3. The third kappa shape index (κ3) is 6.07. The third-order valence-corrected chi connectivity index (χ3v) is 3.80. The van der Waals surface area contributed by atoms with Gasteiger partial charge in [-0.15, -0.1) is 0 Å². The molecule has 0 spiro atoms. The van der Waals surface area contributed by atoms with Gasteiger partial charge in [-0.3, -0.25) is 0 Å². The fraction of sp³-hybridized carbons (Fsp3) is 0.263. The summed E-state index contributed by atoms with van der Waals surface area (Å²) in [6, 6.07) is 10.7. The number of halogens is 2. The number of benzene rings is 2. The summed E-state index contributed by atoms with van der Waals surface area (Å²) in [6.45, 7) is 2.44. The zero-order valence-corrected chi connectivity index (χ0v) is 15.3. The number of esters is 2. The van der Waals surface area contributed by atoms with E-state index in [1.807, 2.05) is 0 Å². The lowest BCUT2D eigenvalue weighted by Gasteiger charge is -2.07. The molecule has 0 aromatic heterocycles. The molecular formula is C19H18Cl2O4. The first-order chi connectivity index (χ1) is 12.0. The van der Waals surface area contributed by atoms with Gasteiger partial charge in [-0.1, -0.05) is 49.0 Å². The summed E-state index contributed by atoms with van der Waals surface area (Å²) in [5.74, 6) is -0.842. The van der Waals surface area contributed by atoms with Gasteiger partial charge in [0.2, 0.25) is 0 Å². The highest BCUT2D eigenvalue weighted by atomic mass is 35.5. The zero-order chi connectivity index (χ0) is 18.2. The Labute approximate surface area is 156 Å². The molecule has 0 radical (unpaired) electrons. The summed E-state index contributed by atoms with van der Waals surface area (Å²) in [6.07, 6.45) is 2.87. The van der Waals surface area contributed by atoms with Gasteiger partial charge in [0, 0.05) is 10.0 Å². The van der Waals surface area contributed by atoms with E-state index >= 15 is 0 Å². The van der Waals surface area contributed by atoms with E-state index in [2.05, 4.69) is 6.92 Å². The second-order valence-electron chi connectivity index (χ2n) is 5.42. The second kappa shape index (κ2) is 9.44. The molecule has 0 bridgehead atoms. The Bertz CT molecular complexity index is 739. The van der Waals surface area contributed by atoms with Gasteiger partial charge in [0.1, 0.15) is 5.75 Å². The van der Waals surface area contributed by atoms with Crippen LogP contribution in [0, 0.1) is 0 Å². The highest BCUT2D eigenvalue weighted by Crippen LogP contribution is 2.25. The minimum absolute atomic E-state index is 0.232. The van der Waals surface area contributed by atoms with Crippen molar-refractivity contribution in [1.29, 1.82) is 0 Å². The predicted octanol–water partition coefficient (Wildman–Crippen LogP) is 5.56. The average Bonchev–Trinajstić information content (AvgIpc) is 2.57. The van der Waals surface area contributed by atoms with Crippen LogP contribution in [0.4, 0.5) is 0 Å². The standard InChI is InChI=1S/C19H18Cl2O4/c1-2-3-4-8-24-18(22)13-6-5-7-14(9-13)19(23)25-17-11-15(20)10-16(21)12-17/h5-7,9-12H,2-4,8H2,1H3. The highest BCUT2D eigenvalue weighted by Gasteiger charge is 2.14. The summed E-state index contributed by atoms with van der Waals surface area (Å²) in [5.41, 5.74) is 0.536. The van der Waals surface area contributed by atoms with E-state index in [9.17, 15) is 9.59 Å². The van der Waals surface area contributed by atoms with Crippen LogP contribution in [0.3, 0.4) is 0 Å². The van der Waals surface area contributed by atoms with Crippen LogP contribution in [0.15, 0.2) is 42.5 Å². The monoisotopic (exact) mass is 380 g/mol. The van der Waals surface area contributed by atoms with Crippen molar-refractivity contribution in [3.8, 4) is 5.75 Å². The number of hydrogen-bond acceptors (Lipinski definition) is 4. The number of carbonyl (C=O) groups is 2. The summed E-state index contributed by atoms with van der Waals surface area (Å²) in [5, 5.41) is 0.722. The van der Waals surface area contributed by atoms with Crippen LogP contribution >= 0.6 is 23.2 Å². The van der Waals surface area contributed by atoms with E-state index in [0.717, 1.165) is 19.3 Å². The molecule has 0 atom stereocenters. The van der Waals surface area contributed by atoms with E-state index < -0.39 is 11.9 Å². The highest BCUT2D eigenvalue weighted by molar-refractivity contribution is 6.34. The minimum atomic E-state index is -0.612. The molecule has 6 heteroatoms. The van der Waals surface area contributed by atoms with Crippen LogP contribution in [0.25, 0.3) is 0 Å². The SMILES string of the molecule is CCCCCOC(=O)c1cccc(C(=O)Oc2cc(Cl)cc(Cl)c2)c1. The molecule has 25 heavy (non-hydrogen) atoms. The average molecular weight is 381 g/mol. The predicted molar refractivity (Wildman–Crippen MR) is 97.7 cm³/mol. The van der Waals surface area contributed by atoms with Crippen molar-refractivity contribution in [2.45, 2.75) is 26.2 Å². The maximum Gasteiger partial charge on any atom is 0.343 e. The first-order valence-electron chi connectivity index (χ1n) is 7.95. The van der Waals surface area contributed by atoms with Gasteiger partial charge in [-0.25, -0.2) is 9.59 Å². The summed E-state index contributed by atoms with van der Waals surface area (Å²) >= 11 is 11.8. The molecule has 4 nitrogen and oxygen atoms in total. The van der Waals surface area contributed by atoms with E-state index in [4.69, 9.17) is 32.7 Å². The molecule has 132 valence electrons. The molecular weight excluding hydrogens is 363 g/mol. The first kappa shape index (κ1) is 19.3. The second-order valence-corrected chi connectivity index (χ2v) is 6.29. The smallest absolute Gasteiger partial charge is 0.343 e. The molecule has 0 saturated carbocycles. The molecule has 2 rings (SSSR count). The summed E-state index contributed by atoms with van der Waals surface area (Å²) in [4.78, 5) is 24.3.